The number of aromatic nitrogens is 4. The molecule has 0 saturated carbocycles. The van der Waals surface area contributed by atoms with E-state index in [9.17, 15) is 33.2 Å². The summed E-state index contributed by atoms with van der Waals surface area (Å²) in [4.78, 5) is 8.31. The van der Waals surface area contributed by atoms with Gasteiger partial charge in [0.25, 0.3) is 10.0 Å². The van der Waals surface area contributed by atoms with Crippen LogP contribution in [0.3, 0.4) is 0 Å². The zero-order valence-corrected chi connectivity index (χ0v) is 21.1. The van der Waals surface area contributed by atoms with E-state index in [4.69, 9.17) is 9.47 Å². The predicted octanol–water partition coefficient (Wildman–Crippen LogP) is 0.447. The minimum atomic E-state index is -4.18. The summed E-state index contributed by atoms with van der Waals surface area (Å²) in [6.07, 6.45) is -6.33. The van der Waals surface area contributed by atoms with Gasteiger partial charge in [0.05, 0.1) is 6.20 Å². The van der Waals surface area contributed by atoms with Crippen LogP contribution in [0.4, 0.5) is 10.1 Å². The molecule has 5 rings (SSSR count). The monoisotopic (exact) mass is 561 g/mol. The standard InChI is InChI=1S/C24H24FN5O8S/c1-11-2-7-15(25)17(8-11)39(35,36)30-13-5-3-12(4-6-13)21-27-22-14(9-26-29-22)23(28-21)37-10-16-18(31)19(32)20(33)24(34)38-16/h2-9,16,18-20,24,30-34H,10H2,1H3,(H,26,27,28,29)/t16?,18-,19+,20-,24+/m1/s1. The van der Waals surface area contributed by atoms with Crippen molar-refractivity contribution >= 4 is 26.7 Å². The molecule has 2 aromatic heterocycles. The van der Waals surface area contributed by atoms with Crippen LogP contribution in [-0.2, 0) is 14.8 Å². The molecule has 1 aliphatic rings. The average Bonchev–Trinajstić information content (AvgIpc) is 3.39. The number of aliphatic hydroxyl groups is 4. The molecule has 0 amide bonds. The fraction of sp³-hybridized carbons (Fsp3) is 0.292. The van der Waals surface area contributed by atoms with Gasteiger partial charge in [-0.1, -0.05) is 6.07 Å². The van der Waals surface area contributed by atoms with Gasteiger partial charge in [-0.2, -0.15) is 10.1 Å². The molecule has 1 saturated heterocycles. The van der Waals surface area contributed by atoms with E-state index < -0.39 is 51.4 Å². The average molecular weight is 562 g/mol. The number of aromatic amines is 1. The molecule has 2 aromatic carbocycles. The molecule has 6 N–H and O–H groups in total. The highest BCUT2D eigenvalue weighted by molar-refractivity contribution is 7.92. The number of aryl methyl sites for hydroxylation is 1. The molecule has 0 radical (unpaired) electrons. The number of nitrogens with zero attached hydrogens (tertiary/aromatic N) is 3. The Labute approximate surface area is 220 Å². The van der Waals surface area contributed by atoms with E-state index in [1.807, 2.05) is 0 Å². The Morgan fingerprint density at radius 1 is 1.05 bits per heavy atom. The third-order valence-corrected chi connectivity index (χ3v) is 7.51. The van der Waals surface area contributed by atoms with Gasteiger partial charge in [0.2, 0.25) is 5.88 Å². The van der Waals surface area contributed by atoms with Crippen LogP contribution in [0.25, 0.3) is 22.4 Å². The Morgan fingerprint density at radius 3 is 2.54 bits per heavy atom. The fourth-order valence-corrected chi connectivity index (χ4v) is 5.21. The number of sulfonamides is 1. The number of hydrogen-bond acceptors (Lipinski definition) is 11. The predicted molar refractivity (Wildman–Crippen MR) is 133 cm³/mol. The molecule has 0 aliphatic carbocycles. The van der Waals surface area contributed by atoms with Gasteiger partial charge >= 0.3 is 0 Å². The zero-order valence-electron chi connectivity index (χ0n) is 20.3. The minimum Gasteiger partial charge on any atom is -0.474 e. The Morgan fingerprint density at radius 2 is 1.79 bits per heavy atom. The van der Waals surface area contributed by atoms with Gasteiger partial charge in [-0.15, -0.1) is 0 Å². The number of anilines is 1. The maximum absolute atomic E-state index is 14.1. The van der Waals surface area contributed by atoms with Crippen molar-refractivity contribution in [2.24, 2.45) is 0 Å². The Kier molecular flexibility index (Phi) is 7.19. The van der Waals surface area contributed by atoms with E-state index in [1.54, 1.807) is 19.1 Å². The number of hydrogen-bond donors (Lipinski definition) is 6. The van der Waals surface area contributed by atoms with Crippen molar-refractivity contribution in [1.82, 2.24) is 20.2 Å². The fourth-order valence-electron chi connectivity index (χ4n) is 3.99. The molecule has 15 heteroatoms. The van der Waals surface area contributed by atoms with Crippen molar-refractivity contribution in [2.45, 2.75) is 42.5 Å². The molecule has 206 valence electrons. The van der Waals surface area contributed by atoms with Gasteiger partial charge in [-0.3, -0.25) is 9.82 Å². The van der Waals surface area contributed by atoms with E-state index in [0.29, 0.717) is 22.2 Å². The number of halogens is 1. The van der Waals surface area contributed by atoms with E-state index in [1.165, 1.54) is 30.5 Å². The van der Waals surface area contributed by atoms with Crippen molar-refractivity contribution in [3.8, 4) is 17.3 Å². The summed E-state index contributed by atoms with van der Waals surface area (Å²) in [5, 5.41) is 46.5. The second-order valence-electron chi connectivity index (χ2n) is 8.95. The van der Waals surface area contributed by atoms with E-state index in [2.05, 4.69) is 24.9 Å². The molecular formula is C24H24FN5O8S. The van der Waals surface area contributed by atoms with Gasteiger partial charge < -0.3 is 29.9 Å². The number of ether oxygens (including phenoxy) is 2. The first kappa shape index (κ1) is 26.9. The van der Waals surface area contributed by atoms with Crippen molar-refractivity contribution < 1.29 is 42.7 Å². The maximum atomic E-state index is 14.1. The number of H-pyrrole nitrogens is 1. The summed E-state index contributed by atoms with van der Waals surface area (Å²) in [7, 11) is -4.18. The van der Waals surface area contributed by atoms with Crippen LogP contribution in [0.2, 0.25) is 0 Å². The molecule has 39 heavy (non-hydrogen) atoms. The highest BCUT2D eigenvalue weighted by Gasteiger charge is 2.43. The Hall–Kier alpha value is -3.73. The summed E-state index contributed by atoms with van der Waals surface area (Å²) in [6.45, 7) is 1.32. The molecular weight excluding hydrogens is 537 g/mol. The zero-order chi connectivity index (χ0) is 27.9. The van der Waals surface area contributed by atoms with Crippen LogP contribution < -0.4 is 9.46 Å². The third kappa shape index (κ3) is 5.40. The van der Waals surface area contributed by atoms with Crippen molar-refractivity contribution in [2.75, 3.05) is 11.3 Å². The van der Waals surface area contributed by atoms with Crippen molar-refractivity contribution in [1.29, 1.82) is 0 Å². The lowest BCUT2D eigenvalue weighted by Crippen LogP contribution is -2.58. The topological polar surface area (TPSA) is 200 Å². The van der Waals surface area contributed by atoms with Gasteiger partial charge in [0, 0.05) is 11.3 Å². The lowest BCUT2D eigenvalue weighted by atomic mass is 9.99. The first-order valence-electron chi connectivity index (χ1n) is 11.6. The second kappa shape index (κ2) is 10.4. The van der Waals surface area contributed by atoms with Gasteiger partial charge in [-0.05, 0) is 48.9 Å². The van der Waals surface area contributed by atoms with Crippen LogP contribution in [0.1, 0.15) is 5.56 Å². The molecule has 13 nitrogen and oxygen atoms in total. The lowest BCUT2D eigenvalue weighted by Gasteiger charge is -2.37. The van der Waals surface area contributed by atoms with E-state index in [0.717, 1.165) is 6.07 Å². The molecule has 0 spiro atoms. The van der Waals surface area contributed by atoms with Gasteiger partial charge in [0.15, 0.2) is 17.8 Å². The highest BCUT2D eigenvalue weighted by atomic mass is 32.2. The summed E-state index contributed by atoms with van der Waals surface area (Å²) in [5.41, 5.74) is 1.56. The van der Waals surface area contributed by atoms with Crippen molar-refractivity contribution in [3.63, 3.8) is 0 Å². The number of nitrogens with one attached hydrogen (secondary N) is 2. The summed E-state index contributed by atoms with van der Waals surface area (Å²) >= 11 is 0. The SMILES string of the molecule is Cc1ccc(F)c(S(=O)(=O)Nc2ccc(-c3nc(OCC4O[C@H](O)[C@H](O)[C@@H](O)[C@@H]4O)c4cn[nH]c4n3)cc2)c1. The van der Waals surface area contributed by atoms with Crippen LogP contribution in [0.5, 0.6) is 5.88 Å². The van der Waals surface area contributed by atoms with Crippen LogP contribution in [0, 0.1) is 12.7 Å². The molecule has 5 atom stereocenters. The first-order chi connectivity index (χ1) is 18.5. The van der Waals surface area contributed by atoms with Crippen LogP contribution in [-0.4, -0.2) is 86.3 Å². The maximum Gasteiger partial charge on any atom is 0.264 e. The molecule has 4 aromatic rings. The normalized spacial score (nSPS) is 23.6. The summed E-state index contributed by atoms with van der Waals surface area (Å²) in [5.74, 6) is -0.638. The smallest absolute Gasteiger partial charge is 0.264 e. The molecule has 3 heterocycles. The van der Waals surface area contributed by atoms with E-state index in [-0.39, 0.29) is 24.0 Å². The van der Waals surface area contributed by atoms with Crippen LogP contribution in [0.15, 0.2) is 53.6 Å². The third-order valence-electron chi connectivity index (χ3n) is 6.12. The largest absolute Gasteiger partial charge is 0.474 e. The number of rotatable bonds is 7. The molecule has 0 bridgehead atoms. The first-order valence-corrected chi connectivity index (χ1v) is 13.1. The van der Waals surface area contributed by atoms with Crippen molar-refractivity contribution in [3.05, 3.63) is 60.0 Å². The van der Waals surface area contributed by atoms with Crippen LogP contribution >= 0.6 is 0 Å². The highest BCUT2D eigenvalue weighted by Crippen LogP contribution is 2.28. The van der Waals surface area contributed by atoms with Gasteiger partial charge in [0.1, 0.15) is 47.1 Å². The number of benzene rings is 2. The molecule has 1 unspecified atom stereocenters. The van der Waals surface area contributed by atoms with E-state index >= 15 is 0 Å². The number of aliphatic hydroxyl groups excluding tert-OH is 4. The molecule has 1 fully saturated rings. The summed E-state index contributed by atoms with van der Waals surface area (Å²) < 4.78 is 52.7. The summed E-state index contributed by atoms with van der Waals surface area (Å²) in [6, 6.07) is 9.82. The van der Waals surface area contributed by atoms with Gasteiger partial charge in [-0.25, -0.2) is 17.8 Å². The Balaban J connectivity index is 1.36. The lowest BCUT2D eigenvalue weighted by molar-refractivity contribution is -0.285. The minimum absolute atomic E-state index is 0.0503. The quantitative estimate of drug-likeness (QED) is 0.183. The number of fused-ring (bicyclic) bond motifs is 1. The Bertz CT molecular complexity index is 1600. The molecule has 1 aliphatic heterocycles. The second-order valence-corrected chi connectivity index (χ2v) is 10.6.